The Labute approximate surface area is 484 Å². The van der Waals surface area contributed by atoms with Crippen LogP contribution in [0.2, 0.25) is 0 Å². The zero-order chi connectivity index (χ0) is 56.7. The molecule has 5 heteroatoms. The van der Waals surface area contributed by atoms with Crippen LogP contribution in [0.4, 0.5) is 28.6 Å². The van der Waals surface area contributed by atoms with Gasteiger partial charge in [0.05, 0.1) is 16.5 Å². The molecule has 1 N–H and O–H groups in total. The Kier molecular flexibility index (Phi) is 12.8. The maximum Gasteiger partial charge on any atom is 0.145 e. The van der Waals surface area contributed by atoms with E-state index in [0.717, 1.165) is 119 Å². The van der Waals surface area contributed by atoms with Gasteiger partial charge in [0, 0.05) is 51.9 Å². The first-order valence-corrected chi connectivity index (χ1v) is 28.9. The first kappa shape index (κ1) is 52.2. The highest BCUT2D eigenvalue weighted by Gasteiger charge is 2.49. The average Bonchev–Trinajstić information content (AvgIpc) is 3.28. The molecule has 0 radical (unpaired) electrons. The number of nitrogens with zero attached hydrogens (tertiary/aromatic N) is 3. The summed E-state index contributed by atoms with van der Waals surface area (Å²) in [6.45, 7) is 23.1. The summed E-state index contributed by atoms with van der Waals surface area (Å²) in [5.41, 5.74) is 23.4. The van der Waals surface area contributed by atoms with Gasteiger partial charge in [-0.2, -0.15) is 0 Å². The summed E-state index contributed by atoms with van der Waals surface area (Å²) in [6.07, 6.45) is 4.38. The molecule has 1 aliphatic heterocycles. The van der Waals surface area contributed by atoms with Crippen molar-refractivity contribution in [1.82, 2.24) is 10.3 Å². The van der Waals surface area contributed by atoms with Gasteiger partial charge in [-0.3, -0.25) is 9.80 Å². The van der Waals surface area contributed by atoms with Crippen LogP contribution in [0.1, 0.15) is 104 Å². The number of aromatic nitrogens is 1. The third-order valence-electron chi connectivity index (χ3n) is 16.9. The smallest absolute Gasteiger partial charge is 0.145 e. The van der Waals surface area contributed by atoms with Gasteiger partial charge in [0.1, 0.15) is 22.8 Å². The number of pyridine rings is 1. The van der Waals surface area contributed by atoms with Crippen LogP contribution in [0, 0.1) is 20.8 Å². The van der Waals surface area contributed by atoms with E-state index in [9.17, 15) is 0 Å². The molecule has 0 atom stereocenters. The summed E-state index contributed by atoms with van der Waals surface area (Å²) in [6, 6.07) is 79.0. The van der Waals surface area contributed by atoms with E-state index < -0.39 is 5.41 Å². The minimum Gasteiger partial charge on any atom is -0.455 e. The molecule has 9 aromatic carbocycles. The van der Waals surface area contributed by atoms with Crippen LogP contribution in [-0.4, -0.2) is 11.5 Å². The number of para-hydroxylation sites is 1. The number of hydrogen-bond donors (Lipinski definition) is 1. The maximum absolute atomic E-state index is 7.47. The molecule has 404 valence electrons. The number of furan rings is 1. The Morgan fingerprint density at radius 1 is 0.500 bits per heavy atom. The molecular formula is C77H70N4O. The van der Waals surface area contributed by atoms with Gasteiger partial charge in [-0.15, -0.1) is 0 Å². The van der Waals surface area contributed by atoms with E-state index in [1.807, 2.05) is 6.20 Å². The minimum atomic E-state index is -0.847. The lowest BCUT2D eigenvalue weighted by molar-refractivity contribution is 0.590. The number of allylic oxidation sites excluding steroid dienone is 2. The molecule has 0 saturated heterocycles. The van der Waals surface area contributed by atoms with Crippen LogP contribution in [0.5, 0.6) is 0 Å². The van der Waals surface area contributed by atoms with Crippen molar-refractivity contribution < 1.29 is 4.42 Å². The summed E-state index contributed by atoms with van der Waals surface area (Å²) in [5, 5.41) is 6.05. The van der Waals surface area contributed by atoms with E-state index in [4.69, 9.17) is 9.40 Å². The van der Waals surface area contributed by atoms with Crippen LogP contribution < -0.4 is 15.1 Å². The van der Waals surface area contributed by atoms with Crippen molar-refractivity contribution >= 4 is 56.1 Å². The molecule has 0 fully saturated rings. The van der Waals surface area contributed by atoms with Crippen molar-refractivity contribution in [1.29, 1.82) is 0 Å². The fourth-order valence-corrected chi connectivity index (χ4v) is 12.7. The lowest BCUT2D eigenvalue weighted by Gasteiger charge is -2.37. The first-order valence-electron chi connectivity index (χ1n) is 28.9. The van der Waals surface area contributed by atoms with Gasteiger partial charge in [0.15, 0.2) is 0 Å². The predicted molar refractivity (Wildman–Crippen MR) is 344 cm³/mol. The van der Waals surface area contributed by atoms with Crippen molar-refractivity contribution in [2.24, 2.45) is 0 Å². The number of rotatable bonds is 10. The number of dihydropyridines is 1. The zero-order valence-electron chi connectivity index (χ0n) is 48.8. The molecule has 3 heterocycles. The molecule has 0 saturated carbocycles. The van der Waals surface area contributed by atoms with E-state index in [-0.39, 0.29) is 10.8 Å². The fourth-order valence-electron chi connectivity index (χ4n) is 12.7. The molecule has 5 nitrogen and oxygen atoms in total. The summed E-state index contributed by atoms with van der Waals surface area (Å²) >= 11 is 0. The zero-order valence-corrected chi connectivity index (χ0v) is 48.8. The van der Waals surface area contributed by atoms with Gasteiger partial charge in [-0.05, 0) is 149 Å². The number of nitrogens with one attached hydrogen (secondary N) is 1. The fraction of sp³-hybridized carbons (Fsp3) is 0.182. The van der Waals surface area contributed by atoms with Crippen molar-refractivity contribution in [2.45, 2.75) is 85.5 Å². The van der Waals surface area contributed by atoms with Crippen LogP contribution >= 0.6 is 0 Å². The maximum atomic E-state index is 7.47. The number of aryl methyl sites for hydroxylation is 3. The van der Waals surface area contributed by atoms with Gasteiger partial charge in [0.25, 0.3) is 0 Å². The Morgan fingerprint density at radius 3 is 1.65 bits per heavy atom. The number of fused-ring (bicyclic) bond motifs is 7. The molecule has 0 unspecified atom stereocenters. The highest BCUT2D eigenvalue weighted by Crippen LogP contribution is 2.62. The van der Waals surface area contributed by atoms with Crippen LogP contribution in [0.25, 0.3) is 49.8 Å². The average molecular weight is 1070 g/mol. The Hall–Kier alpha value is -9.19. The third-order valence-corrected chi connectivity index (χ3v) is 16.9. The van der Waals surface area contributed by atoms with Crippen molar-refractivity contribution in [3.05, 3.63) is 292 Å². The lowest BCUT2D eigenvalue weighted by Crippen LogP contribution is -2.33. The molecule has 1 aliphatic carbocycles. The molecule has 2 aromatic heterocycles. The number of hydrogen-bond acceptors (Lipinski definition) is 5. The Bertz CT molecular complexity index is 4250. The topological polar surface area (TPSA) is 44.5 Å². The number of benzene rings is 9. The standard InChI is InChI=1S/C77H70N4O/c1-49-25-29-53(30-26-49)64-43-51(3)47-78-73(64)80(59-37-33-55(34-38-59)75(5,6)7)61-41-42-62-66(45-61)77(57-19-13-11-14-20-57,58-21-15-12-16-22-58)67-46-68(71-63-23-17-18-24-69(63)82-72(71)70(62)67)81(60-39-35-56(36-40-60)76(8,9)10)74-65(44-52(4)48-79-74)54-31-27-50(2)28-32-54/h11-46,48,78H,47H2,1-10H3. The van der Waals surface area contributed by atoms with E-state index >= 15 is 0 Å². The second-order valence-electron chi connectivity index (χ2n) is 24.8. The molecule has 0 spiro atoms. The lowest BCUT2D eigenvalue weighted by atomic mass is 9.67. The third kappa shape index (κ3) is 8.91. The second-order valence-corrected chi connectivity index (χ2v) is 24.8. The Morgan fingerprint density at radius 2 is 1.05 bits per heavy atom. The van der Waals surface area contributed by atoms with Crippen molar-refractivity contribution in [3.8, 4) is 22.3 Å². The molecular weight excluding hydrogens is 997 g/mol. The summed E-state index contributed by atoms with van der Waals surface area (Å²) < 4.78 is 7.47. The highest BCUT2D eigenvalue weighted by molar-refractivity contribution is 6.19. The van der Waals surface area contributed by atoms with Gasteiger partial charge in [0.2, 0.25) is 0 Å². The van der Waals surface area contributed by atoms with Crippen LogP contribution in [-0.2, 0) is 16.2 Å². The van der Waals surface area contributed by atoms with E-state index in [2.05, 4.69) is 303 Å². The van der Waals surface area contributed by atoms with Crippen LogP contribution in [0.15, 0.2) is 240 Å². The molecule has 13 rings (SSSR count). The number of anilines is 5. The largest absolute Gasteiger partial charge is 0.455 e. The molecule has 11 aromatic rings. The van der Waals surface area contributed by atoms with Crippen molar-refractivity contribution in [2.75, 3.05) is 16.3 Å². The molecule has 0 bridgehead atoms. The highest BCUT2D eigenvalue weighted by atomic mass is 16.3. The predicted octanol–water partition coefficient (Wildman–Crippen LogP) is 20.1. The molecule has 2 aliphatic rings. The second kappa shape index (κ2) is 20.1. The SMILES string of the molecule is CC1=CC(c2ccc(C)cc2)=C(N(c2ccc(C(C)(C)C)cc2)c2ccc3c(c2)C(c2ccccc2)(c2ccccc2)c2cc(N(c4ccc(C(C)(C)C)cc4)c4ncc(C)cc4-c4ccc(C)cc4)c4c(oc5ccccc54)c2-3)NC1. The monoisotopic (exact) mass is 1070 g/mol. The molecule has 82 heavy (non-hydrogen) atoms. The van der Waals surface area contributed by atoms with E-state index in [1.165, 1.54) is 33.4 Å². The quantitative estimate of drug-likeness (QED) is 0.148. The van der Waals surface area contributed by atoms with Gasteiger partial charge < -0.3 is 9.73 Å². The summed E-state index contributed by atoms with van der Waals surface area (Å²) in [4.78, 5) is 10.4. The van der Waals surface area contributed by atoms with E-state index in [0.29, 0.717) is 0 Å². The molecule has 0 amide bonds. The van der Waals surface area contributed by atoms with E-state index in [1.54, 1.807) is 0 Å². The Balaban J connectivity index is 1.16. The normalized spacial score (nSPS) is 13.9. The minimum absolute atomic E-state index is 0.0208. The summed E-state index contributed by atoms with van der Waals surface area (Å²) in [7, 11) is 0. The van der Waals surface area contributed by atoms with Gasteiger partial charge in [-0.1, -0.05) is 222 Å². The first-order chi connectivity index (χ1) is 39.6. The van der Waals surface area contributed by atoms with Gasteiger partial charge in [-0.25, -0.2) is 4.98 Å². The summed E-state index contributed by atoms with van der Waals surface area (Å²) in [5.74, 6) is 1.87. The van der Waals surface area contributed by atoms with Crippen LogP contribution in [0.3, 0.4) is 0 Å². The van der Waals surface area contributed by atoms with Crippen molar-refractivity contribution in [3.63, 3.8) is 0 Å². The van der Waals surface area contributed by atoms with Gasteiger partial charge >= 0.3 is 0 Å².